The molecule has 5 heteroatoms. The first-order valence-electron chi connectivity index (χ1n) is 4.96. The first kappa shape index (κ1) is 11.2. The maximum Gasteiger partial charge on any atom is 0.225 e. The zero-order valence-electron chi connectivity index (χ0n) is 9.24. The van der Waals surface area contributed by atoms with Gasteiger partial charge in [-0.2, -0.15) is 0 Å². The normalized spacial score (nSPS) is 10.9. The smallest absolute Gasteiger partial charge is 0.225 e. The Morgan fingerprint density at radius 3 is 2.71 bits per heavy atom. The van der Waals surface area contributed by atoms with E-state index < -0.39 is 0 Å². The minimum atomic E-state index is 0.343. The Bertz CT molecular complexity index is 339. The molecule has 0 spiro atoms. The second-order valence-electron chi connectivity index (χ2n) is 3.71. The van der Waals surface area contributed by atoms with E-state index in [1.165, 1.54) is 0 Å². The molecule has 1 rings (SSSR count). The van der Waals surface area contributed by atoms with Crippen molar-refractivity contribution in [1.29, 1.82) is 0 Å². The van der Waals surface area contributed by atoms with Crippen LogP contribution in [0.15, 0.2) is 0 Å². The maximum absolute atomic E-state index is 5.17. The van der Waals surface area contributed by atoms with Gasteiger partial charge in [-0.3, -0.25) is 4.57 Å². The number of anilines is 1. The number of aromatic amines is 1. The van der Waals surface area contributed by atoms with Gasteiger partial charge in [-0.25, -0.2) is 5.10 Å². The standard InChI is InChI=1S/C9H18N4S/c1-5-6-12(4)8-10-11-9(14)13(8)7(2)3/h7H,5-6H2,1-4H3,(H,11,14). The molecule has 80 valence electrons. The van der Waals surface area contributed by atoms with Gasteiger partial charge in [0.1, 0.15) is 0 Å². The van der Waals surface area contributed by atoms with E-state index in [0.717, 1.165) is 18.9 Å². The first-order valence-corrected chi connectivity index (χ1v) is 5.36. The van der Waals surface area contributed by atoms with Gasteiger partial charge in [0.15, 0.2) is 4.77 Å². The van der Waals surface area contributed by atoms with Gasteiger partial charge >= 0.3 is 0 Å². The van der Waals surface area contributed by atoms with E-state index in [1.807, 2.05) is 11.6 Å². The highest BCUT2D eigenvalue weighted by Crippen LogP contribution is 2.15. The second-order valence-corrected chi connectivity index (χ2v) is 4.10. The zero-order chi connectivity index (χ0) is 10.7. The van der Waals surface area contributed by atoms with Crippen LogP contribution in [-0.4, -0.2) is 28.4 Å². The summed E-state index contributed by atoms with van der Waals surface area (Å²) in [6.45, 7) is 7.35. The van der Waals surface area contributed by atoms with Crippen molar-refractivity contribution >= 4 is 18.2 Å². The fraction of sp³-hybridized carbons (Fsp3) is 0.778. The molecule has 1 aromatic rings. The average molecular weight is 214 g/mol. The molecule has 0 saturated carbocycles. The van der Waals surface area contributed by atoms with Crippen molar-refractivity contribution in [2.75, 3.05) is 18.5 Å². The Balaban J connectivity index is 3.02. The van der Waals surface area contributed by atoms with Gasteiger partial charge in [0.2, 0.25) is 5.95 Å². The molecule has 1 aromatic heterocycles. The average Bonchev–Trinajstić information content (AvgIpc) is 2.47. The van der Waals surface area contributed by atoms with E-state index in [1.54, 1.807) is 0 Å². The summed E-state index contributed by atoms with van der Waals surface area (Å²) in [7, 11) is 2.04. The molecule has 0 unspecified atom stereocenters. The van der Waals surface area contributed by atoms with Gasteiger partial charge in [-0.05, 0) is 32.5 Å². The van der Waals surface area contributed by atoms with E-state index in [-0.39, 0.29) is 0 Å². The third-order valence-corrected chi connectivity index (χ3v) is 2.39. The summed E-state index contributed by atoms with van der Waals surface area (Å²) in [5.41, 5.74) is 0. The first-order chi connectivity index (χ1) is 6.57. The molecule has 0 aliphatic heterocycles. The number of nitrogens with one attached hydrogen (secondary N) is 1. The Kier molecular flexibility index (Phi) is 3.69. The number of hydrogen-bond donors (Lipinski definition) is 1. The summed E-state index contributed by atoms with van der Waals surface area (Å²) in [4.78, 5) is 2.12. The summed E-state index contributed by atoms with van der Waals surface area (Å²) in [6, 6.07) is 0.343. The van der Waals surface area contributed by atoms with Gasteiger partial charge in [0.25, 0.3) is 0 Å². The number of nitrogens with zero attached hydrogens (tertiary/aromatic N) is 3. The molecule has 0 aromatic carbocycles. The van der Waals surface area contributed by atoms with Crippen molar-refractivity contribution < 1.29 is 0 Å². The summed E-state index contributed by atoms with van der Waals surface area (Å²) in [5, 5.41) is 7.06. The van der Waals surface area contributed by atoms with Crippen LogP contribution in [0, 0.1) is 4.77 Å². The van der Waals surface area contributed by atoms with E-state index in [2.05, 4.69) is 35.9 Å². The van der Waals surface area contributed by atoms with Gasteiger partial charge in [-0.1, -0.05) is 6.92 Å². The highest BCUT2D eigenvalue weighted by Gasteiger charge is 2.12. The van der Waals surface area contributed by atoms with Crippen LogP contribution in [-0.2, 0) is 0 Å². The molecule has 0 amide bonds. The van der Waals surface area contributed by atoms with E-state index in [9.17, 15) is 0 Å². The minimum Gasteiger partial charge on any atom is -0.344 e. The fourth-order valence-corrected chi connectivity index (χ4v) is 1.80. The third kappa shape index (κ3) is 2.15. The second kappa shape index (κ2) is 4.59. The van der Waals surface area contributed by atoms with Crippen LogP contribution >= 0.6 is 12.2 Å². The quantitative estimate of drug-likeness (QED) is 0.782. The summed E-state index contributed by atoms with van der Waals surface area (Å²) < 4.78 is 2.73. The van der Waals surface area contributed by atoms with Crippen LogP contribution in [0.5, 0.6) is 0 Å². The lowest BCUT2D eigenvalue weighted by molar-refractivity contribution is 0.583. The van der Waals surface area contributed by atoms with Gasteiger partial charge in [-0.15, -0.1) is 5.10 Å². The molecule has 4 nitrogen and oxygen atoms in total. The van der Waals surface area contributed by atoms with Crippen LogP contribution in [0.25, 0.3) is 0 Å². The highest BCUT2D eigenvalue weighted by atomic mass is 32.1. The molecule has 0 aliphatic carbocycles. The largest absolute Gasteiger partial charge is 0.344 e. The molecular formula is C9H18N4S. The van der Waals surface area contributed by atoms with Crippen LogP contribution < -0.4 is 4.90 Å². The van der Waals surface area contributed by atoms with Crippen molar-refractivity contribution in [3.05, 3.63) is 4.77 Å². The molecule has 0 bridgehead atoms. The van der Waals surface area contributed by atoms with E-state index in [4.69, 9.17) is 12.2 Å². The third-order valence-electron chi connectivity index (χ3n) is 2.10. The lowest BCUT2D eigenvalue weighted by Gasteiger charge is -2.19. The monoisotopic (exact) mass is 214 g/mol. The lowest BCUT2D eigenvalue weighted by Crippen LogP contribution is -2.22. The number of hydrogen-bond acceptors (Lipinski definition) is 3. The number of H-pyrrole nitrogens is 1. The molecule has 1 N–H and O–H groups in total. The molecule has 0 radical (unpaired) electrons. The van der Waals surface area contributed by atoms with Crippen LogP contribution in [0.3, 0.4) is 0 Å². The number of aromatic nitrogens is 3. The van der Waals surface area contributed by atoms with Crippen molar-refractivity contribution in [2.45, 2.75) is 33.2 Å². The summed E-state index contributed by atoms with van der Waals surface area (Å²) in [5.74, 6) is 0.923. The molecule has 0 atom stereocenters. The van der Waals surface area contributed by atoms with Crippen molar-refractivity contribution in [2.24, 2.45) is 0 Å². The maximum atomic E-state index is 5.17. The molecule has 1 heterocycles. The van der Waals surface area contributed by atoms with Gasteiger partial charge < -0.3 is 4.90 Å². The topological polar surface area (TPSA) is 36.9 Å². The number of rotatable bonds is 4. The molecule has 0 aliphatic rings. The van der Waals surface area contributed by atoms with E-state index in [0.29, 0.717) is 10.8 Å². The van der Waals surface area contributed by atoms with Crippen molar-refractivity contribution in [3.8, 4) is 0 Å². The van der Waals surface area contributed by atoms with Crippen LogP contribution in [0.1, 0.15) is 33.2 Å². The predicted molar refractivity (Wildman–Crippen MR) is 61.4 cm³/mol. The van der Waals surface area contributed by atoms with Gasteiger partial charge in [0.05, 0.1) is 0 Å². The molecule has 0 fully saturated rings. The van der Waals surface area contributed by atoms with Gasteiger partial charge in [0, 0.05) is 19.6 Å². The SMILES string of the molecule is CCCN(C)c1n[nH]c(=S)n1C(C)C. The van der Waals surface area contributed by atoms with E-state index >= 15 is 0 Å². The highest BCUT2D eigenvalue weighted by molar-refractivity contribution is 7.71. The molecular weight excluding hydrogens is 196 g/mol. The molecule has 0 saturated heterocycles. The van der Waals surface area contributed by atoms with Crippen molar-refractivity contribution in [3.63, 3.8) is 0 Å². The summed E-state index contributed by atoms with van der Waals surface area (Å²) >= 11 is 5.17. The molecule has 14 heavy (non-hydrogen) atoms. The lowest BCUT2D eigenvalue weighted by atomic mass is 10.4. The van der Waals surface area contributed by atoms with Crippen LogP contribution in [0.4, 0.5) is 5.95 Å². The Labute approximate surface area is 89.9 Å². The van der Waals surface area contributed by atoms with Crippen LogP contribution in [0.2, 0.25) is 0 Å². The Hall–Kier alpha value is -0.840. The Morgan fingerprint density at radius 2 is 2.21 bits per heavy atom. The summed E-state index contributed by atoms with van der Waals surface area (Å²) in [6.07, 6.45) is 1.11. The Morgan fingerprint density at radius 1 is 1.57 bits per heavy atom. The minimum absolute atomic E-state index is 0.343. The van der Waals surface area contributed by atoms with Crippen molar-refractivity contribution in [1.82, 2.24) is 14.8 Å². The zero-order valence-corrected chi connectivity index (χ0v) is 10.1. The fourth-order valence-electron chi connectivity index (χ4n) is 1.47. The predicted octanol–water partition coefficient (Wildman–Crippen LogP) is 2.37.